The second-order valence-corrected chi connectivity index (χ2v) is 6.59. The number of thiophene rings is 1. The molecule has 2 rings (SSSR count). The molecule has 1 aromatic carbocycles. The van der Waals surface area contributed by atoms with Crippen molar-refractivity contribution in [1.82, 2.24) is 5.32 Å². The summed E-state index contributed by atoms with van der Waals surface area (Å²) in [5.41, 5.74) is 1.85. The van der Waals surface area contributed by atoms with Crippen LogP contribution in [-0.2, 0) is 6.54 Å². The Morgan fingerprint density at radius 2 is 2.22 bits per heavy atom. The zero-order valence-corrected chi connectivity index (χ0v) is 12.4. The molecule has 0 aliphatic carbocycles. The Kier molecular flexibility index (Phi) is 4.54. The van der Waals surface area contributed by atoms with Gasteiger partial charge in [0.25, 0.3) is 0 Å². The molecule has 92 valence electrons. The fourth-order valence-corrected chi connectivity index (χ4v) is 3.13. The van der Waals surface area contributed by atoms with Crippen LogP contribution in [-0.4, -0.2) is 0 Å². The molecule has 2 aromatic rings. The van der Waals surface area contributed by atoms with Gasteiger partial charge in [0.05, 0.1) is 15.4 Å². The van der Waals surface area contributed by atoms with Crippen LogP contribution in [0.4, 0.5) is 0 Å². The van der Waals surface area contributed by atoms with E-state index in [1.165, 1.54) is 4.88 Å². The molecule has 4 heteroatoms. The van der Waals surface area contributed by atoms with E-state index in [-0.39, 0.29) is 6.04 Å². The molecule has 0 aliphatic heterocycles. The number of hydrogen-bond donors (Lipinski definition) is 1. The molecule has 1 N–H and O–H groups in total. The van der Waals surface area contributed by atoms with Gasteiger partial charge in [0.15, 0.2) is 0 Å². The number of benzene rings is 1. The molecule has 0 radical (unpaired) electrons. The molecule has 1 heterocycles. The van der Waals surface area contributed by atoms with Crippen molar-refractivity contribution in [3.63, 3.8) is 0 Å². The van der Waals surface area contributed by atoms with Crippen LogP contribution in [0.5, 0.6) is 0 Å². The van der Waals surface area contributed by atoms with Crippen LogP contribution < -0.4 is 5.32 Å². The Hall–Kier alpha value is -1.15. The van der Waals surface area contributed by atoms with E-state index in [0.29, 0.717) is 5.56 Å². The lowest BCUT2D eigenvalue weighted by Gasteiger charge is -2.13. The summed E-state index contributed by atoms with van der Waals surface area (Å²) >= 11 is 5.19. The smallest absolute Gasteiger partial charge is 0.0991 e. The van der Waals surface area contributed by atoms with E-state index in [9.17, 15) is 0 Å². The first-order chi connectivity index (χ1) is 8.69. The van der Waals surface area contributed by atoms with Gasteiger partial charge in [-0.25, -0.2) is 0 Å². The predicted octanol–water partition coefficient (Wildman–Crippen LogP) is 4.23. The van der Waals surface area contributed by atoms with Gasteiger partial charge in [0, 0.05) is 17.5 Å². The molecule has 1 aromatic heterocycles. The van der Waals surface area contributed by atoms with Crippen LogP contribution in [0.2, 0.25) is 0 Å². The predicted molar refractivity (Wildman–Crippen MR) is 78.4 cm³/mol. The van der Waals surface area contributed by atoms with Gasteiger partial charge in [-0.3, -0.25) is 0 Å². The van der Waals surface area contributed by atoms with Gasteiger partial charge in [-0.1, -0.05) is 12.1 Å². The Morgan fingerprint density at radius 1 is 1.39 bits per heavy atom. The summed E-state index contributed by atoms with van der Waals surface area (Å²) in [6.45, 7) is 2.95. The van der Waals surface area contributed by atoms with Crippen molar-refractivity contribution in [3.05, 3.63) is 56.2 Å². The highest BCUT2D eigenvalue weighted by atomic mass is 79.9. The highest BCUT2D eigenvalue weighted by molar-refractivity contribution is 9.11. The minimum Gasteiger partial charge on any atom is -0.305 e. The summed E-state index contributed by atoms with van der Waals surface area (Å²) in [5.74, 6) is 0. The number of nitrogens with zero attached hydrogens (tertiary/aromatic N) is 1. The van der Waals surface area contributed by atoms with Crippen LogP contribution in [0.25, 0.3) is 0 Å². The first-order valence-corrected chi connectivity index (χ1v) is 7.27. The summed E-state index contributed by atoms with van der Waals surface area (Å²) in [5, 5.41) is 12.3. The maximum absolute atomic E-state index is 8.88. The number of halogens is 1. The SMILES string of the molecule is CC(NCc1ccc(Br)s1)c1cccc(C#N)c1. The second-order valence-electron chi connectivity index (χ2n) is 4.05. The molecule has 0 aliphatic rings. The standard InChI is InChI=1S/C14H13BrN2S/c1-10(12-4-2-3-11(7-12)8-16)17-9-13-5-6-14(15)18-13/h2-7,10,17H,9H2,1H3. The third-order valence-electron chi connectivity index (χ3n) is 2.73. The van der Waals surface area contributed by atoms with Gasteiger partial charge in [0.1, 0.15) is 0 Å². The van der Waals surface area contributed by atoms with Gasteiger partial charge < -0.3 is 5.32 Å². The average molecular weight is 321 g/mol. The van der Waals surface area contributed by atoms with Crippen LogP contribution in [0, 0.1) is 11.3 Å². The van der Waals surface area contributed by atoms with E-state index in [4.69, 9.17) is 5.26 Å². The van der Waals surface area contributed by atoms with E-state index in [1.54, 1.807) is 11.3 Å². The van der Waals surface area contributed by atoms with Gasteiger partial charge in [-0.05, 0) is 52.7 Å². The summed E-state index contributed by atoms with van der Waals surface area (Å²) in [7, 11) is 0. The minimum atomic E-state index is 0.235. The lowest BCUT2D eigenvalue weighted by Crippen LogP contribution is -2.17. The van der Waals surface area contributed by atoms with Crippen LogP contribution in [0.1, 0.15) is 29.0 Å². The average Bonchev–Trinajstić information content (AvgIpc) is 2.82. The highest BCUT2D eigenvalue weighted by Gasteiger charge is 2.06. The molecule has 0 fully saturated rings. The third kappa shape index (κ3) is 3.42. The van der Waals surface area contributed by atoms with Crippen LogP contribution in [0.15, 0.2) is 40.2 Å². The molecule has 0 amide bonds. The Balaban J connectivity index is 1.99. The lowest BCUT2D eigenvalue weighted by molar-refractivity contribution is 0.579. The number of rotatable bonds is 4. The van der Waals surface area contributed by atoms with Crippen LogP contribution >= 0.6 is 27.3 Å². The normalized spacial score (nSPS) is 12.1. The van der Waals surface area contributed by atoms with Gasteiger partial charge in [0.2, 0.25) is 0 Å². The molecule has 0 saturated heterocycles. The highest BCUT2D eigenvalue weighted by Crippen LogP contribution is 2.23. The zero-order valence-electron chi connectivity index (χ0n) is 9.98. The Morgan fingerprint density at radius 3 is 2.89 bits per heavy atom. The maximum atomic E-state index is 8.88. The largest absolute Gasteiger partial charge is 0.305 e. The van der Waals surface area contributed by atoms with E-state index in [0.717, 1.165) is 15.9 Å². The topological polar surface area (TPSA) is 35.8 Å². The van der Waals surface area contributed by atoms with Crippen molar-refractivity contribution in [2.45, 2.75) is 19.5 Å². The Bertz CT molecular complexity index is 571. The van der Waals surface area contributed by atoms with Crippen molar-refractivity contribution in [2.75, 3.05) is 0 Å². The summed E-state index contributed by atoms with van der Waals surface area (Å²) in [6.07, 6.45) is 0. The first-order valence-electron chi connectivity index (χ1n) is 5.66. The first kappa shape index (κ1) is 13.3. The summed E-state index contributed by atoms with van der Waals surface area (Å²) in [4.78, 5) is 1.30. The fraction of sp³-hybridized carbons (Fsp3) is 0.214. The van der Waals surface area contributed by atoms with Crippen LogP contribution in [0.3, 0.4) is 0 Å². The molecular weight excluding hydrogens is 308 g/mol. The van der Waals surface area contributed by atoms with E-state index < -0.39 is 0 Å². The molecule has 1 atom stereocenters. The number of hydrogen-bond acceptors (Lipinski definition) is 3. The van der Waals surface area contributed by atoms with Gasteiger partial charge in [-0.2, -0.15) is 5.26 Å². The number of nitriles is 1. The molecule has 0 saturated carbocycles. The summed E-state index contributed by atoms with van der Waals surface area (Å²) in [6, 6.07) is 14.3. The Labute approximate surface area is 119 Å². The van der Waals surface area contributed by atoms with E-state index in [2.05, 4.69) is 46.4 Å². The van der Waals surface area contributed by atoms with Crippen molar-refractivity contribution in [2.24, 2.45) is 0 Å². The van der Waals surface area contributed by atoms with Gasteiger partial charge in [-0.15, -0.1) is 11.3 Å². The molecule has 18 heavy (non-hydrogen) atoms. The molecule has 0 bridgehead atoms. The maximum Gasteiger partial charge on any atom is 0.0991 e. The quantitative estimate of drug-likeness (QED) is 0.914. The van der Waals surface area contributed by atoms with E-state index in [1.807, 2.05) is 24.3 Å². The van der Waals surface area contributed by atoms with Crippen molar-refractivity contribution in [1.29, 1.82) is 5.26 Å². The lowest BCUT2D eigenvalue weighted by atomic mass is 10.1. The zero-order chi connectivity index (χ0) is 13.0. The van der Waals surface area contributed by atoms with Crippen molar-refractivity contribution in [3.8, 4) is 6.07 Å². The molecule has 1 unspecified atom stereocenters. The third-order valence-corrected chi connectivity index (χ3v) is 4.35. The van der Waals surface area contributed by atoms with Gasteiger partial charge >= 0.3 is 0 Å². The fourth-order valence-electron chi connectivity index (χ4n) is 1.70. The van der Waals surface area contributed by atoms with Crippen molar-refractivity contribution < 1.29 is 0 Å². The second kappa shape index (κ2) is 6.14. The number of nitrogens with one attached hydrogen (secondary N) is 1. The summed E-state index contributed by atoms with van der Waals surface area (Å²) < 4.78 is 1.15. The molecule has 2 nitrogen and oxygen atoms in total. The van der Waals surface area contributed by atoms with E-state index >= 15 is 0 Å². The van der Waals surface area contributed by atoms with Crippen molar-refractivity contribution >= 4 is 27.3 Å². The molecule has 0 spiro atoms. The monoisotopic (exact) mass is 320 g/mol. The minimum absolute atomic E-state index is 0.235. The molecular formula is C14H13BrN2S.